The molecule has 0 saturated heterocycles. The topological polar surface area (TPSA) is 59.9 Å². The Bertz CT molecular complexity index is 720. The van der Waals surface area contributed by atoms with Gasteiger partial charge in [0.2, 0.25) is 0 Å². The Kier molecular flexibility index (Phi) is 6.55. The van der Waals surface area contributed by atoms with Crippen LogP contribution in [0.2, 0.25) is 0 Å². The van der Waals surface area contributed by atoms with E-state index >= 15 is 0 Å². The second kappa shape index (κ2) is 8.64. The SMILES string of the molecule is O=C(/C=C/c1cccc(Br)n1)CC(=O)/C=C/c1cccc(Br)n1. The molecule has 0 aliphatic rings. The van der Waals surface area contributed by atoms with Crippen LogP contribution in [0.4, 0.5) is 0 Å². The first-order valence-electron chi connectivity index (χ1n) is 6.70. The maximum Gasteiger partial charge on any atom is 0.163 e. The van der Waals surface area contributed by atoms with Crippen LogP contribution in [-0.2, 0) is 9.59 Å². The van der Waals surface area contributed by atoms with Crippen LogP contribution in [0, 0.1) is 0 Å². The molecule has 2 aromatic heterocycles. The zero-order valence-electron chi connectivity index (χ0n) is 11.9. The number of nitrogens with zero attached hydrogens (tertiary/aromatic N) is 2. The van der Waals surface area contributed by atoms with Crippen LogP contribution in [0.1, 0.15) is 17.8 Å². The van der Waals surface area contributed by atoms with E-state index < -0.39 is 0 Å². The molecule has 0 saturated carbocycles. The van der Waals surface area contributed by atoms with Crippen LogP contribution in [0.25, 0.3) is 12.2 Å². The molecule has 2 heterocycles. The fourth-order valence-electron chi connectivity index (χ4n) is 1.68. The lowest BCUT2D eigenvalue weighted by molar-refractivity contribution is -0.121. The average molecular weight is 436 g/mol. The molecule has 0 bridgehead atoms. The van der Waals surface area contributed by atoms with Crippen molar-refractivity contribution in [1.82, 2.24) is 9.97 Å². The molecule has 0 atom stereocenters. The fraction of sp³-hybridized carbons (Fsp3) is 0.0588. The van der Waals surface area contributed by atoms with E-state index in [1.54, 1.807) is 36.4 Å². The minimum Gasteiger partial charge on any atom is -0.294 e. The maximum atomic E-state index is 11.8. The third kappa shape index (κ3) is 6.38. The van der Waals surface area contributed by atoms with Crippen LogP contribution in [0.3, 0.4) is 0 Å². The molecule has 0 aliphatic heterocycles. The highest BCUT2D eigenvalue weighted by atomic mass is 79.9. The van der Waals surface area contributed by atoms with Crippen molar-refractivity contribution in [3.63, 3.8) is 0 Å². The number of rotatable bonds is 6. The second-order valence-corrected chi connectivity index (χ2v) is 6.17. The molecule has 0 unspecified atom stereocenters. The molecule has 23 heavy (non-hydrogen) atoms. The van der Waals surface area contributed by atoms with Crippen LogP contribution in [0.5, 0.6) is 0 Å². The number of pyridine rings is 2. The van der Waals surface area contributed by atoms with Gasteiger partial charge in [0.05, 0.1) is 17.8 Å². The lowest BCUT2D eigenvalue weighted by atomic mass is 10.1. The predicted octanol–water partition coefficient (Wildman–Crippen LogP) is 4.26. The number of hydrogen-bond acceptors (Lipinski definition) is 4. The molecule has 0 spiro atoms. The Morgan fingerprint density at radius 3 is 1.65 bits per heavy atom. The highest BCUT2D eigenvalue weighted by Crippen LogP contribution is 2.09. The van der Waals surface area contributed by atoms with Crippen molar-refractivity contribution in [2.24, 2.45) is 0 Å². The molecular weight excluding hydrogens is 424 g/mol. The van der Waals surface area contributed by atoms with Gasteiger partial charge in [-0.1, -0.05) is 12.1 Å². The van der Waals surface area contributed by atoms with E-state index in [1.165, 1.54) is 12.2 Å². The number of carbonyl (C=O) groups excluding carboxylic acids is 2. The monoisotopic (exact) mass is 434 g/mol. The molecule has 0 amide bonds. The predicted molar refractivity (Wildman–Crippen MR) is 96.6 cm³/mol. The highest BCUT2D eigenvalue weighted by Gasteiger charge is 2.04. The zero-order valence-corrected chi connectivity index (χ0v) is 15.1. The van der Waals surface area contributed by atoms with Crippen molar-refractivity contribution in [2.45, 2.75) is 6.42 Å². The Hall–Kier alpha value is -1.92. The zero-order chi connectivity index (χ0) is 16.7. The summed E-state index contributed by atoms with van der Waals surface area (Å²) in [6.07, 6.45) is 5.70. The second-order valence-electron chi connectivity index (χ2n) is 4.55. The van der Waals surface area contributed by atoms with Crippen molar-refractivity contribution >= 4 is 55.6 Å². The van der Waals surface area contributed by atoms with Gasteiger partial charge in [0, 0.05) is 0 Å². The summed E-state index contributed by atoms with van der Waals surface area (Å²) < 4.78 is 1.38. The molecule has 0 aromatic carbocycles. The number of carbonyl (C=O) groups is 2. The molecule has 0 radical (unpaired) electrons. The first-order valence-corrected chi connectivity index (χ1v) is 8.28. The van der Waals surface area contributed by atoms with Gasteiger partial charge < -0.3 is 0 Å². The van der Waals surface area contributed by atoms with Gasteiger partial charge in [-0.05, 0) is 80.4 Å². The van der Waals surface area contributed by atoms with E-state index in [0.29, 0.717) is 20.6 Å². The molecule has 0 aliphatic carbocycles. The Labute approximate surface area is 150 Å². The Morgan fingerprint density at radius 1 is 0.826 bits per heavy atom. The summed E-state index contributed by atoms with van der Waals surface area (Å²) in [6.45, 7) is 0. The smallest absolute Gasteiger partial charge is 0.163 e. The standard InChI is InChI=1S/C17H12Br2N2O2/c18-16-5-1-3-12(20-16)7-9-14(22)11-15(23)10-8-13-4-2-6-17(19)21-13/h1-10H,11H2/b9-7+,10-8+. The van der Waals surface area contributed by atoms with Crippen molar-refractivity contribution in [3.8, 4) is 0 Å². The Balaban J connectivity index is 1.91. The highest BCUT2D eigenvalue weighted by molar-refractivity contribution is 9.10. The third-order valence-electron chi connectivity index (χ3n) is 2.70. The van der Waals surface area contributed by atoms with Crippen molar-refractivity contribution in [1.29, 1.82) is 0 Å². The van der Waals surface area contributed by atoms with Gasteiger partial charge in [-0.2, -0.15) is 0 Å². The van der Waals surface area contributed by atoms with E-state index in [-0.39, 0.29) is 18.0 Å². The van der Waals surface area contributed by atoms with Crippen molar-refractivity contribution in [2.75, 3.05) is 0 Å². The molecule has 2 rings (SSSR count). The number of aromatic nitrogens is 2. The minimum atomic E-state index is -0.274. The van der Waals surface area contributed by atoms with E-state index in [4.69, 9.17) is 0 Å². The van der Waals surface area contributed by atoms with Gasteiger partial charge >= 0.3 is 0 Å². The first kappa shape index (κ1) is 17.4. The van der Waals surface area contributed by atoms with Gasteiger partial charge in [0.15, 0.2) is 11.6 Å². The summed E-state index contributed by atoms with van der Waals surface area (Å²) in [6, 6.07) is 10.8. The number of ketones is 2. The molecule has 2 aromatic rings. The summed E-state index contributed by atoms with van der Waals surface area (Å²) in [5.74, 6) is -0.549. The van der Waals surface area contributed by atoms with E-state index in [1.807, 2.05) is 12.1 Å². The first-order chi connectivity index (χ1) is 11.0. The van der Waals surface area contributed by atoms with Crippen molar-refractivity contribution < 1.29 is 9.59 Å². The van der Waals surface area contributed by atoms with Gasteiger partial charge in [-0.15, -0.1) is 0 Å². The van der Waals surface area contributed by atoms with Gasteiger partial charge in [0.25, 0.3) is 0 Å². The van der Waals surface area contributed by atoms with Crippen LogP contribution in [0.15, 0.2) is 57.8 Å². The molecule has 6 heteroatoms. The fourth-order valence-corrected chi connectivity index (χ4v) is 2.39. The van der Waals surface area contributed by atoms with Crippen LogP contribution >= 0.6 is 31.9 Å². The molecule has 4 nitrogen and oxygen atoms in total. The lowest BCUT2D eigenvalue weighted by Crippen LogP contribution is -2.02. The molecule has 0 fully saturated rings. The summed E-state index contributed by atoms with van der Waals surface area (Å²) in [4.78, 5) is 31.9. The largest absolute Gasteiger partial charge is 0.294 e. The van der Waals surface area contributed by atoms with E-state index in [2.05, 4.69) is 41.8 Å². The average Bonchev–Trinajstić information content (AvgIpc) is 2.51. The van der Waals surface area contributed by atoms with Gasteiger partial charge in [0.1, 0.15) is 9.21 Å². The third-order valence-corrected chi connectivity index (χ3v) is 3.59. The lowest BCUT2D eigenvalue weighted by Gasteiger charge is -1.95. The van der Waals surface area contributed by atoms with Crippen LogP contribution < -0.4 is 0 Å². The summed E-state index contributed by atoms with van der Waals surface area (Å²) in [5, 5.41) is 0. The quantitative estimate of drug-likeness (QED) is 0.386. The molecular formula is C17H12Br2N2O2. The van der Waals surface area contributed by atoms with Crippen molar-refractivity contribution in [3.05, 3.63) is 69.1 Å². The summed E-state index contributed by atoms with van der Waals surface area (Å²) in [5.41, 5.74) is 1.29. The number of allylic oxidation sites excluding steroid dienone is 2. The van der Waals surface area contributed by atoms with E-state index in [0.717, 1.165) is 0 Å². The van der Waals surface area contributed by atoms with Crippen LogP contribution in [-0.4, -0.2) is 21.5 Å². The molecule has 116 valence electrons. The summed E-state index contributed by atoms with van der Waals surface area (Å²) >= 11 is 6.51. The van der Waals surface area contributed by atoms with E-state index in [9.17, 15) is 9.59 Å². The minimum absolute atomic E-state index is 0.186. The van der Waals surface area contributed by atoms with Gasteiger partial charge in [-0.25, -0.2) is 9.97 Å². The number of hydrogen-bond donors (Lipinski definition) is 0. The van der Waals surface area contributed by atoms with Gasteiger partial charge in [-0.3, -0.25) is 9.59 Å². The Morgan fingerprint density at radius 2 is 1.26 bits per heavy atom. The maximum absolute atomic E-state index is 11.8. The summed E-state index contributed by atoms with van der Waals surface area (Å²) in [7, 11) is 0. The number of halogens is 2. The molecule has 0 N–H and O–H groups in total. The normalized spacial score (nSPS) is 11.2.